The van der Waals surface area contributed by atoms with Crippen molar-refractivity contribution in [3.05, 3.63) is 34.3 Å². The van der Waals surface area contributed by atoms with E-state index >= 15 is 0 Å². The summed E-state index contributed by atoms with van der Waals surface area (Å²) in [6, 6.07) is 7.63. The van der Waals surface area contributed by atoms with Crippen LogP contribution in [0.4, 0.5) is 0 Å². The number of esters is 1. The third kappa shape index (κ3) is 3.35. The smallest absolute Gasteiger partial charge is 0.338 e. The Labute approximate surface area is 121 Å². The maximum Gasteiger partial charge on any atom is 0.338 e. The number of carbonyl (C=O) groups excluding carboxylic acids is 1. The van der Waals surface area contributed by atoms with Crippen molar-refractivity contribution in [1.82, 2.24) is 0 Å². The third-order valence-corrected chi connectivity index (χ3v) is 3.34. The molecule has 1 aromatic carbocycles. The van der Waals surface area contributed by atoms with Crippen molar-refractivity contribution in [1.29, 1.82) is 0 Å². The molecule has 1 aliphatic rings. The van der Waals surface area contributed by atoms with Gasteiger partial charge in [0.05, 0.1) is 6.61 Å². The number of halogens is 1. The third-order valence-electron chi connectivity index (χ3n) is 2.81. The molecule has 4 nitrogen and oxygen atoms in total. The highest BCUT2D eigenvalue weighted by Crippen LogP contribution is 2.39. The van der Waals surface area contributed by atoms with Gasteiger partial charge in [-0.15, -0.1) is 0 Å². The first-order valence-electron chi connectivity index (χ1n) is 6.20. The van der Waals surface area contributed by atoms with Crippen molar-refractivity contribution in [3.63, 3.8) is 0 Å². The van der Waals surface area contributed by atoms with Crippen LogP contribution in [0.1, 0.15) is 32.4 Å². The Balaban J connectivity index is 2.25. The summed E-state index contributed by atoms with van der Waals surface area (Å²) in [4.78, 5) is 11.9. The van der Waals surface area contributed by atoms with Gasteiger partial charge >= 0.3 is 5.97 Å². The zero-order valence-electron chi connectivity index (χ0n) is 11.2. The summed E-state index contributed by atoms with van der Waals surface area (Å²) in [5.41, 5.74) is 0.895. The molecule has 5 heteroatoms. The number of hydrogen-bond acceptors (Lipinski definition) is 4. The number of carbonyl (C=O) groups is 1. The highest BCUT2D eigenvalue weighted by molar-refractivity contribution is 9.10. The molecule has 2 unspecified atom stereocenters. The van der Waals surface area contributed by atoms with E-state index in [2.05, 4.69) is 15.9 Å². The Morgan fingerprint density at radius 3 is 2.53 bits per heavy atom. The fourth-order valence-corrected chi connectivity index (χ4v) is 2.32. The van der Waals surface area contributed by atoms with Gasteiger partial charge in [-0.2, -0.15) is 0 Å². The monoisotopic (exact) mass is 328 g/mol. The van der Waals surface area contributed by atoms with Crippen LogP contribution in [0.3, 0.4) is 0 Å². The van der Waals surface area contributed by atoms with Gasteiger partial charge in [0.25, 0.3) is 0 Å². The van der Waals surface area contributed by atoms with E-state index in [0.29, 0.717) is 6.61 Å². The van der Waals surface area contributed by atoms with Crippen LogP contribution < -0.4 is 0 Å². The fourth-order valence-electron chi connectivity index (χ4n) is 2.05. The van der Waals surface area contributed by atoms with E-state index < -0.39 is 18.0 Å². The zero-order chi connectivity index (χ0) is 14.0. The molecule has 1 aliphatic heterocycles. The molecule has 0 aliphatic carbocycles. The van der Waals surface area contributed by atoms with Crippen LogP contribution in [-0.4, -0.2) is 24.5 Å². The molecule has 0 aromatic heterocycles. The minimum atomic E-state index is -0.796. The van der Waals surface area contributed by atoms with E-state index in [-0.39, 0.29) is 5.97 Å². The normalized spacial score (nSPS) is 25.3. The Morgan fingerprint density at radius 2 is 1.95 bits per heavy atom. The molecule has 2 rings (SSSR count). The molecular formula is C14H17BrO4. The molecule has 1 saturated heterocycles. The molecule has 0 saturated carbocycles. The summed E-state index contributed by atoms with van der Waals surface area (Å²) < 4.78 is 17.5. The maximum atomic E-state index is 11.9. The van der Waals surface area contributed by atoms with Crippen molar-refractivity contribution in [2.24, 2.45) is 0 Å². The van der Waals surface area contributed by atoms with Crippen LogP contribution in [0.15, 0.2) is 28.7 Å². The molecule has 1 fully saturated rings. The van der Waals surface area contributed by atoms with Gasteiger partial charge in [-0.05, 0) is 38.5 Å². The van der Waals surface area contributed by atoms with Crippen LogP contribution in [0.2, 0.25) is 0 Å². The van der Waals surface area contributed by atoms with Gasteiger partial charge in [-0.1, -0.05) is 28.1 Å². The van der Waals surface area contributed by atoms with Crippen LogP contribution in [0, 0.1) is 0 Å². The first-order valence-corrected chi connectivity index (χ1v) is 7.00. The summed E-state index contributed by atoms with van der Waals surface area (Å²) in [6.07, 6.45) is -1.17. The van der Waals surface area contributed by atoms with Crippen LogP contribution in [-0.2, 0) is 19.0 Å². The van der Waals surface area contributed by atoms with E-state index in [0.717, 1.165) is 10.0 Å². The fraction of sp³-hybridized carbons (Fsp3) is 0.500. The Kier molecular flexibility index (Phi) is 4.28. The SMILES string of the molecule is CCOC(=O)C1OC(C)(C)OC1c1ccc(Br)cc1. The number of hydrogen-bond donors (Lipinski definition) is 0. The van der Waals surface area contributed by atoms with E-state index in [1.54, 1.807) is 20.8 Å². The van der Waals surface area contributed by atoms with Gasteiger partial charge in [-0.25, -0.2) is 4.79 Å². The summed E-state index contributed by atoms with van der Waals surface area (Å²) in [6.45, 7) is 5.68. The Morgan fingerprint density at radius 1 is 1.32 bits per heavy atom. The quantitative estimate of drug-likeness (QED) is 0.799. The topological polar surface area (TPSA) is 44.8 Å². The number of rotatable bonds is 3. The maximum absolute atomic E-state index is 11.9. The van der Waals surface area contributed by atoms with Crippen LogP contribution in [0.5, 0.6) is 0 Å². The lowest BCUT2D eigenvalue weighted by Crippen LogP contribution is -2.29. The molecule has 19 heavy (non-hydrogen) atoms. The second-order valence-electron chi connectivity index (χ2n) is 4.78. The molecule has 0 radical (unpaired) electrons. The van der Waals surface area contributed by atoms with Crippen molar-refractivity contribution in [3.8, 4) is 0 Å². The summed E-state index contributed by atoms with van der Waals surface area (Å²) in [5.74, 6) is -1.18. The van der Waals surface area contributed by atoms with Gasteiger partial charge in [0.1, 0.15) is 6.10 Å². The lowest BCUT2D eigenvalue weighted by atomic mass is 10.0. The van der Waals surface area contributed by atoms with Crippen LogP contribution >= 0.6 is 15.9 Å². The molecule has 2 atom stereocenters. The van der Waals surface area contributed by atoms with E-state index in [9.17, 15) is 4.79 Å². The highest BCUT2D eigenvalue weighted by Gasteiger charge is 2.46. The van der Waals surface area contributed by atoms with Gasteiger partial charge in [0.15, 0.2) is 11.9 Å². The van der Waals surface area contributed by atoms with E-state index in [1.165, 1.54) is 0 Å². The largest absolute Gasteiger partial charge is 0.464 e. The lowest BCUT2D eigenvalue weighted by molar-refractivity contribution is -0.170. The first-order chi connectivity index (χ1) is 8.93. The standard InChI is InChI=1S/C14H17BrO4/c1-4-17-13(16)12-11(18-14(2,3)19-12)9-5-7-10(15)8-6-9/h5-8,11-12H,4H2,1-3H3. The van der Waals surface area contributed by atoms with Crippen molar-refractivity contribution < 1.29 is 19.0 Å². The predicted octanol–water partition coefficient (Wildman–Crippen LogP) is 3.20. The lowest BCUT2D eigenvalue weighted by Gasteiger charge is -2.16. The highest BCUT2D eigenvalue weighted by atomic mass is 79.9. The Hall–Kier alpha value is -0.910. The molecule has 0 N–H and O–H groups in total. The average molecular weight is 329 g/mol. The summed E-state index contributed by atoms with van der Waals surface area (Å²) >= 11 is 3.38. The Bertz CT molecular complexity index is 455. The molecule has 0 spiro atoms. The van der Waals surface area contributed by atoms with Gasteiger partial charge in [0.2, 0.25) is 0 Å². The molecule has 1 aromatic rings. The minimum Gasteiger partial charge on any atom is -0.464 e. The minimum absolute atomic E-state index is 0.326. The molecule has 1 heterocycles. The number of benzene rings is 1. The average Bonchev–Trinajstić information content (AvgIpc) is 2.67. The molecular weight excluding hydrogens is 312 g/mol. The van der Waals surface area contributed by atoms with Gasteiger partial charge in [-0.3, -0.25) is 0 Å². The molecule has 104 valence electrons. The first kappa shape index (κ1) is 14.5. The van der Waals surface area contributed by atoms with E-state index in [4.69, 9.17) is 14.2 Å². The zero-order valence-corrected chi connectivity index (χ0v) is 12.8. The summed E-state index contributed by atoms with van der Waals surface area (Å²) in [7, 11) is 0. The molecule has 0 amide bonds. The van der Waals surface area contributed by atoms with Gasteiger partial charge in [0, 0.05) is 4.47 Å². The van der Waals surface area contributed by atoms with Gasteiger partial charge < -0.3 is 14.2 Å². The predicted molar refractivity (Wildman–Crippen MR) is 73.6 cm³/mol. The second-order valence-corrected chi connectivity index (χ2v) is 5.70. The van der Waals surface area contributed by atoms with Crippen molar-refractivity contribution in [2.45, 2.75) is 38.8 Å². The van der Waals surface area contributed by atoms with E-state index in [1.807, 2.05) is 24.3 Å². The molecule has 0 bridgehead atoms. The second kappa shape index (κ2) is 5.61. The van der Waals surface area contributed by atoms with Crippen molar-refractivity contribution in [2.75, 3.05) is 6.61 Å². The summed E-state index contributed by atoms with van der Waals surface area (Å²) in [5, 5.41) is 0. The van der Waals surface area contributed by atoms with Crippen molar-refractivity contribution >= 4 is 21.9 Å². The van der Waals surface area contributed by atoms with Crippen LogP contribution in [0.25, 0.3) is 0 Å². The number of ether oxygens (including phenoxy) is 3.